The molecule has 0 aromatic heterocycles. The van der Waals surface area contributed by atoms with Crippen LogP contribution in [0, 0.1) is 22.6 Å². The number of hydrogen-bond donors (Lipinski definition) is 1. The Morgan fingerprint density at radius 1 is 1.23 bits per heavy atom. The quantitative estimate of drug-likeness (QED) is 0.799. The summed E-state index contributed by atoms with van der Waals surface area (Å²) < 4.78 is 20.3. The Morgan fingerprint density at radius 2 is 1.97 bits per heavy atom. The molecular weight excluding hydrogens is 393 g/mol. The smallest absolute Gasteiger partial charge is 0.256 e. The molecule has 3 saturated heterocycles. The number of likely N-dealkylation sites (tertiary alicyclic amines) is 1. The van der Waals surface area contributed by atoms with Crippen molar-refractivity contribution in [2.45, 2.75) is 39.0 Å². The van der Waals surface area contributed by atoms with Crippen molar-refractivity contribution in [1.29, 1.82) is 0 Å². The Labute approximate surface area is 185 Å². The number of nitrogens with zero attached hydrogens (tertiary/aromatic N) is 2. The highest BCUT2D eigenvalue weighted by atomic mass is 19.1. The first-order chi connectivity index (χ1) is 14.9. The van der Waals surface area contributed by atoms with Crippen LogP contribution in [-0.4, -0.2) is 74.7 Å². The number of rotatable bonds is 4. The van der Waals surface area contributed by atoms with E-state index in [-0.39, 0.29) is 28.1 Å². The van der Waals surface area contributed by atoms with Gasteiger partial charge in [-0.15, -0.1) is 0 Å². The van der Waals surface area contributed by atoms with Crippen LogP contribution in [0.2, 0.25) is 0 Å². The Morgan fingerprint density at radius 3 is 2.68 bits per heavy atom. The molecule has 0 unspecified atom stereocenters. The fourth-order valence-electron chi connectivity index (χ4n) is 6.99. The highest BCUT2D eigenvalue weighted by Crippen LogP contribution is 2.63. The molecule has 170 valence electrons. The number of hydrogen-bond acceptors (Lipinski definition) is 4. The number of morpholine rings is 1. The predicted molar refractivity (Wildman–Crippen MR) is 119 cm³/mol. The Kier molecular flexibility index (Phi) is 5.60. The SMILES string of the molecule is CC1(C)C[C@]2(CN3CCOCC3)CN(C(=O)c3cc(C4CCNCC4)ccc3F)C[C@H]12. The first-order valence-corrected chi connectivity index (χ1v) is 12.0. The van der Waals surface area contributed by atoms with Crippen LogP contribution in [-0.2, 0) is 4.74 Å². The topological polar surface area (TPSA) is 44.8 Å². The van der Waals surface area contributed by atoms with E-state index in [1.165, 1.54) is 6.07 Å². The molecule has 1 aromatic rings. The molecule has 0 bridgehead atoms. The minimum absolute atomic E-state index is 0.125. The van der Waals surface area contributed by atoms with Crippen molar-refractivity contribution >= 4 is 5.91 Å². The third-order valence-corrected chi connectivity index (χ3v) is 8.36. The maximum Gasteiger partial charge on any atom is 0.256 e. The number of carbonyl (C=O) groups is 1. The molecule has 5 rings (SSSR count). The average Bonchev–Trinajstić information content (AvgIpc) is 3.09. The summed E-state index contributed by atoms with van der Waals surface area (Å²) in [6.07, 6.45) is 3.22. The molecule has 3 heterocycles. The summed E-state index contributed by atoms with van der Waals surface area (Å²) in [7, 11) is 0. The maximum atomic E-state index is 14.8. The number of carbonyl (C=O) groups excluding carboxylic acids is 1. The first kappa shape index (κ1) is 21.4. The molecule has 4 aliphatic rings. The van der Waals surface area contributed by atoms with E-state index in [0.717, 1.165) is 83.9 Å². The van der Waals surface area contributed by atoms with Gasteiger partial charge in [-0.3, -0.25) is 9.69 Å². The van der Waals surface area contributed by atoms with Gasteiger partial charge in [0.05, 0.1) is 18.8 Å². The molecular formula is C25H36FN3O2. The van der Waals surface area contributed by atoms with Crippen LogP contribution in [0.4, 0.5) is 4.39 Å². The van der Waals surface area contributed by atoms with Crippen LogP contribution < -0.4 is 5.32 Å². The van der Waals surface area contributed by atoms with Gasteiger partial charge >= 0.3 is 0 Å². The molecule has 1 N–H and O–H groups in total. The van der Waals surface area contributed by atoms with Gasteiger partial charge in [0, 0.05) is 38.1 Å². The molecule has 5 nitrogen and oxygen atoms in total. The zero-order valence-corrected chi connectivity index (χ0v) is 19.0. The summed E-state index contributed by atoms with van der Waals surface area (Å²) in [4.78, 5) is 18.0. The number of ether oxygens (including phenoxy) is 1. The minimum atomic E-state index is -0.386. The third kappa shape index (κ3) is 3.91. The minimum Gasteiger partial charge on any atom is -0.379 e. The maximum absolute atomic E-state index is 14.8. The van der Waals surface area contributed by atoms with E-state index >= 15 is 0 Å². The zero-order valence-electron chi connectivity index (χ0n) is 19.0. The first-order valence-electron chi connectivity index (χ1n) is 12.0. The molecule has 2 atom stereocenters. The largest absolute Gasteiger partial charge is 0.379 e. The molecule has 3 aliphatic heterocycles. The van der Waals surface area contributed by atoms with E-state index in [1.807, 2.05) is 17.0 Å². The Balaban J connectivity index is 1.35. The van der Waals surface area contributed by atoms with Gasteiger partial charge in [-0.25, -0.2) is 4.39 Å². The van der Waals surface area contributed by atoms with E-state index in [9.17, 15) is 9.18 Å². The van der Waals surface area contributed by atoms with E-state index in [1.54, 1.807) is 0 Å². The van der Waals surface area contributed by atoms with Crippen molar-refractivity contribution in [2.75, 3.05) is 59.0 Å². The molecule has 0 radical (unpaired) electrons. The van der Waals surface area contributed by atoms with Crippen molar-refractivity contribution in [3.05, 3.63) is 35.1 Å². The number of halogens is 1. The van der Waals surface area contributed by atoms with Crippen LogP contribution in [0.5, 0.6) is 0 Å². The summed E-state index contributed by atoms with van der Waals surface area (Å²) in [5, 5.41) is 3.38. The van der Waals surface area contributed by atoms with E-state index in [4.69, 9.17) is 4.74 Å². The second kappa shape index (κ2) is 8.13. The van der Waals surface area contributed by atoms with Crippen molar-refractivity contribution in [1.82, 2.24) is 15.1 Å². The van der Waals surface area contributed by atoms with Gasteiger partial charge in [0.2, 0.25) is 0 Å². The number of fused-ring (bicyclic) bond motifs is 1. The lowest BCUT2D eigenvalue weighted by Gasteiger charge is -2.58. The number of nitrogens with one attached hydrogen (secondary N) is 1. The summed E-state index contributed by atoms with van der Waals surface area (Å²) in [6, 6.07) is 5.22. The van der Waals surface area contributed by atoms with Crippen molar-refractivity contribution in [3.8, 4) is 0 Å². The van der Waals surface area contributed by atoms with Crippen molar-refractivity contribution in [2.24, 2.45) is 16.7 Å². The molecule has 4 fully saturated rings. The van der Waals surface area contributed by atoms with E-state index in [0.29, 0.717) is 11.8 Å². The highest BCUT2D eigenvalue weighted by Gasteiger charge is 2.63. The monoisotopic (exact) mass is 429 g/mol. The summed E-state index contributed by atoms with van der Waals surface area (Å²) in [5.41, 5.74) is 1.74. The van der Waals surface area contributed by atoms with Crippen LogP contribution in [0.25, 0.3) is 0 Å². The van der Waals surface area contributed by atoms with Gasteiger partial charge < -0.3 is 15.0 Å². The lowest BCUT2D eigenvalue weighted by atomic mass is 9.48. The molecule has 6 heteroatoms. The van der Waals surface area contributed by atoms with Gasteiger partial charge in [-0.05, 0) is 67.3 Å². The van der Waals surface area contributed by atoms with Gasteiger partial charge in [0.25, 0.3) is 5.91 Å². The van der Waals surface area contributed by atoms with E-state index < -0.39 is 0 Å². The third-order valence-electron chi connectivity index (χ3n) is 8.36. The fourth-order valence-corrected chi connectivity index (χ4v) is 6.99. The van der Waals surface area contributed by atoms with Crippen LogP contribution in [0.1, 0.15) is 54.9 Å². The summed E-state index contributed by atoms with van der Waals surface area (Å²) in [6.45, 7) is 12.6. The predicted octanol–water partition coefficient (Wildman–Crippen LogP) is 3.11. The standard InChI is InChI=1S/C25H36FN3O2/c1-24(2)15-25(16-28-9-11-31-12-10-28)17-29(14-22(24)25)23(30)20-13-19(3-4-21(20)26)18-5-7-27-8-6-18/h3-4,13,18,22,27H,5-12,14-17H2,1-2H3/t22-,25+/m1/s1. The zero-order chi connectivity index (χ0) is 21.6. The fraction of sp³-hybridized carbons (Fsp3) is 0.720. The molecule has 1 aliphatic carbocycles. The van der Waals surface area contributed by atoms with Gasteiger partial charge in [0.1, 0.15) is 5.82 Å². The van der Waals surface area contributed by atoms with Crippen molar-refractivity contribution in [3.63, 3.8) is 0 Å². The molecule has 1 amide bonds. The molecule has 31 heavy (non-hydrogen) atoms. The molecule has 0 spiro atoms. The summed E-state index contributed by atoms with van der Waals surface area (Å²) in [5.74, 6) is 0.375. The van der Waals surface area contributed by atoms with Crippen molar-refractivity contribution < 1.29 is 13.9 Å². The average molecular weight is 430 g/mol. The van der Waals surface area contributed by atoms with Crippen LogP contribution >= 0.6 is 0 Å². The van der Waals surface area contributed by atoms with Gasteiger partial charge in [-0.2, -0.15) is 0 Å². The van der Waals surface area contributed by atoms with Crippen LogP contribution in [0.3, 0.4) is 0 Å². The summed E-state index contributed by atoms with van der Waals surface area (Å²) >= 11 is 0. The lowest BCUT2D eigenvalue weighted by molar-refractivity contribution is -0.0966. The second-order valence-electron chi connectivity index (χ2n) is 10.9. The highest BCUT2D eigenvalue weighted by molar-refractivity contribution is 5.95. The molecule has 1 aromatic carbocycles. The Hall–Kier alpha value is -1.50. The van der Waals surface area contributed by atoms with E-state index in [2.05, 4.69) is 24.1 Å². The number of piperidine rings is 1. The normalized spacial score (nSPS) is 31.3. The molecule has 1 saturated carbocycles. The Bertz CT molecular complexity index is 832. The second-order valence-corrected chi connectivity index (χ2v) is 10.9. The number of amides is 1. The van der Waals surface area contributed by atoms with Gasteiger partial charge in [-0.1, -0.05) is 19.9 Å². The number of benzene rings is 1. The van der Waals surface area contributed by atoms with Gasteiger partial charge in [0.15, 0.2) is 0 Å². The van der Waals surface area contributed by atoms with Crippen LogP contribution in [0.15, 0.2) is 18.2 Å². The lowest BCUT2D eigenvalue weighted by Crippen LogP contribution is -2.59.